The maximum absolute atomic E-state index is 13.4. The number of ether oxygens (including phenoxy) is 3. The van der Waals surface area contributed by atoms with Crippen molar-refractivity contribution in [1.29, 1.82) is 0 Å². The number of hydrogen-bond donors (Lipinski definition) is 1. The molecule has 0 spiro atoms. The molecule has 0 aromatic carbocycles. The molecule has 222 valence electrons. The molecule has 1 N–H and O–H groups in total. The molecule has 0 radical (unpaired) electrons. The number of nitrogens with zero attached hydrogens (tertiary/aromatic N) is 3. The van der Waals surface area contributed by atoms with Crippen molar-refractivity contribution in [3.8, 4) is 0 Å². The molecule has 0 saturated carbocycles. The van der Waals surface area contributed by atoms with Gasteiger partial charge in [-0.3, -0.25) is 23.2 Å². The van der Waals surface area contributed by atoms with Crippen LogP contribution in [0.2, 0.25) is 0 Å². The predicted molar refractivity (Wildman–Crippen MR) is 143 cm³/mol. The van der Waals surface area contributed by atoms with Crippen LogP contribution >= 0.6 is 7.60 Å². The van der Waals surface area contributed by atoms with Crippen LogP contribution in [0.5, 0.6) is 0 Å². The Morgan fingerprint density at radius 2 is 1.50 bits per heavy atom. The van der Waals surface area contributed by atoms with Gasteiger partial charge in [-0.1, -0.05) is 45.7 Å². The molecule has 1 unspecified atom stereocenters. The first-order valence-corrected chi connectivity index (χ1v) is 14.6. The summed E-state index contributed by atoms with van der Waals surface area (Å²) in [7, 11) is -4.18. The van der Waals surface area contributed by atoms with Gasteiger partial charge >= 0.3 is 19.5 Å². The molecule has 1 saturated heterocycles. The average Bonchev–Trinajstić information content (AvgIpc) is 3.49. The number of carbonyl (C=O) groups excluding carboxylic acids is 2. The SMILES string of the molecule is CC.CC(C)(C)C(=O)OCOP(=O)(OCOC(=O)C(C)(C)C)c1cn(CC2OCC[C@H]2O)nn1.CCCC. The second kappa shape index (κ2) is 17.0. The molecule has 1 aromatic heterocycles. The van der Waals surface area contributed by atoms with Crippen LogP contribution in [0.15, 0.2) is 6.20 Å². The van der Waals surface area contributed by atoms with Crippen LogP contribution in [0.25, 0.3) is 0 Å². The summed E-state index contributed by atoms with van der Waals surface area (Å²) >= 11 is 0. The zero-order valence-electron chi connectivity index (χ0n) is 24.7. The normalized spacial score (nSPS) is 17.6. The van der Waals surface area contributed by atoms with Crippen LogP contribution in [0.3, 0.4) is 0 Å². The molecule has 1 aromatic rings. The number of aromatic nitrogens is 3. The van der Waals surface area contributed by atoms with Gasteiger partial charge in [0.05, 0.1) is 29.7 Å². The Kier molecular flexibility index (Phi) is 16.1. The molecule has 1 aliphatic heterocycles. The van der Waals surface area contributed by atoms with Gasteiger partial charge in [0.15, 0.2) is 5.44 Å². The quantitative estimate of drug-likeness (QED) is 0.247. The Balaban J connectivity index is 0.00000208. The van der Waals surface area contributed by atoms with Crippen molar-refractivity contribution < 1.29 is 42.5 Å². The Labute approximate surface area is 227 Å². The van der Waals surface area contributed by atoms with E-state index in [9.17, 15) is 19.3 Å². The van der Waals surface area contributed by atoms with Gasteiger partial charge in [0.1, 0.15) is 6.10 Å². The van der Waals surface area contributed by atoms with Gasteiger partial charge in [0.25, 0.3) is 0 Å². The van der Waals surface area contributed by atoms with Crippen LogP contribution < -0.4 is 5.44 Å². The Morgan fingerprint density at radius 3 is 1.87 bits per heavy atom. The number of aliphatic hydroxyl groups excluding tert-OH is 1. The maximum Gasteiger partial charge on any atom is 0.388 e. The lowest BCUT2D eigenvalue weighted by Crippen LogP contribution is -2.27. The monoisotopic (exact) mass is 565 g/mol. The predicted octanol–water partition coefficient (Wildman–Crippen LogP) is 4.21. The molecule has 0 bridgehead atoms. The minimum absolute atomic E-state index is 0.173. The molecular formula is C25H48N3O9P. The van der Waals surface area contributed by atoms with E-state index in [1.807, 2.05) is 13.8 Å². The fourth-order valence-electron chi connectivity index (χ4n) is 2.40. The molecule has 2 rings (SSSR count). The molecule has 2 atom stereocenters. The summed E-state index contributed by atoms with van der Waals surface area (Å²) in [6.45, 7) is 17.6. The largest absolute Gasteiger partial charge is 0.438 e. The summed E-state index contributed by atoms with van der Waals surface area (Å²) in [5, 5.41) is 17.6. The van der Waals surface area contributed by atoms with Crippen LogP contribution in [0, 0.1) is 10.8 Å². The summed E-state index contributed by atoms with van der Waals surface area (Å²) in [6.07, 6.45) is 3.34. The van der Waals surface area contributed by atoms with E-state index >= 15 is 0 Å². The molecule has 1 aliphatic rings. The van der Waals surface area contributed by atoms with Gasteiger partial charge < -0.3 is 19.3 Å². The third-order valence-electron chi connectivity index (χ3n) is 4.90. The first-order chi connectivity index (χ1) is 17.6. The highest BCUT2D eigenvalue weighted by atomic mass is 31.2. The maximum atomic E-state index is 13.4. The summed E-state index contributed by atoms with van der Waals surface area (Å²) in [5.41, 5.74) is -1.76. The lowest BCUT2D eigenvalue weighted by Gasteiger charge is -2.20. The molecule has 1 fully saturated rings. The standard InChI is InChI=1S/C19H32N3O9P.C4H10.C2H6/c1-18(2,3)16(24)28-11-30-32(26,31-12-29-17(25)19(4,5)6)15-10-22(21-20-15)9-14-13(23)7-8-27-14;1-3-4-2;1-2/h10,13-14,23H,7-9,11-12H2,1-6H3;3-4H2,1-2H3;1-2H3/t13-,14?;;/m1../s1. The summed E-state index contributed by atoms with van der Waals surface area (Å²) in [4.78, 5) is 23.9. The molecule has 0 amide bonds. The number of esters is 2. The van der Waals surface area contributed by atoms with Gasteiger partial charge in [-0.05, 0) is 48.0 Å². The van der Waals surface area contributed by atoms with Crippen LogP contribution in [0.1, 0.15) is 88.5 Å². The smallest absolute Gasteiger partial charge is 0.388 e. The van der Waals surface area contributed by atoms with Crippen molar-refractivity contribution in [2.75, 3.05) is 20.2 Å². The first kappa shape index (κ1) is 36.1. The summed E-state index contributed by atoms with van der Waals surface area (Å²) in [5.74, 6) is -1.14. The number of unbranched alkanes of at least 4 members (excludes halogenated alkanes) is 1. The van der Waals surface area contributed by atoms with Gasteiger partial charge in [0, 0.05) is 6.61 Å². The lowest BCUT2D eigenvalue weighted by molar-refractivity contribution is -0.161. The van der Waals surface area contributed by atoms with Crippen molar-refractivity contribution in [2.45, 2.75) is 107 Å². The lowest BCUT2D eigenvalue weighted by atomic mass is 9.98. The number of rotatable bonds is 10. The van der Waals surface area contributed by atoms with Crippen LogP contribution in [-0.2, 0) is 44.0 Å². The van der Waals surface area contributed by atoms with Gasteiger partial charge in [-0.15, -0.1) is 5.10 Å². The molecule has 13 heteroatoms. The minimum Gasteiger partial charge on any atom is -0.438 e. The van der Waals surface area contributed by atoms with E-state index in [1.54, 1.807) is 41.5 Å². The Bertz CT molecular complexity index is 840. The summed E-state index contributed by atoms with van der Waals surface area (Å²) < 4.78 is 40.6. The highest BCUT2D eigenvalue weighted by Crippen LogP contribution is 2.46. The fourth-order valence-corrected chi connectivity index (χ4v) is 3.55. The summed E-state index contributed by atoms with van der Waals surface area (Å²) in [6, 6.07) is 0. The number of aliphatic hydroxyl groups is 1. The van der Waals surface area contributed by atoms with E-state index < -0.39 is 56.2 Å². The van der Waals surface area contributed by atoms with Crippen molar-refractivity contribution in [1.82, 2.24) is 15.0 Å². The van der Waals surface area contributed by atoms with Crippen molar-refractivity contribution >= 4 is 25.0 Å². The Hall–Kier alpha value is -1.85. The molecule has 38 heavy (non-hydrogen) atoms. The minimum atomic E-state index is -4.18. The first-order valence-electron chi connectivity index (χ1n) is 13.1. The second-order valence-corrected chi connectivity index (χ2v) is 12.4. The fraction of sp³-hybridized carbons (Fsp3) is 0.840. The van der Waals surface area contributed by atoms with Crippen molar-refractivity contribution in [3.05, 3.63) is 6.20 Å². The third kappa shape index (κ3) is 12.8. The van der Waals surface area contributed by atoms with E-state index in [0.717, 1.165) is 0 Å². The topological polar surface area (TPSA) is 148 Å². The van der Waals surface area contributed by atoms with Crippen LogP contribution in [0.4, 0.5) is 0 Å². The van der Waals surface area contributed by atoms with Crippen molar-refractivity contribution in [2.24, 2.45) is 10.8 Å². The highest BCUT2D eigenvalue weighted by molar-refractivity contribution is 7.61. The van der Waals surface area contributed by atoms with E-state index in [0.29, 0.717) is 13.0 Å². The van der Waals surface area contributed by atoms with Gasteiger partial charge in [0.2, 0.25) is 13.6 Å². The molecular weight excluding hydrogens is 517 g/mol. The zero-order chi connectivity index (χ0) is 29.6. The molecule has 12 nitrogen and oxygen atoms in total. The zero-order valence-corrected chi connectivity index (χ0v) is 25.6. The van der Waals surface area contributed by atoms with E-state index in [2.05, 4.69) is 24.2 Å². The van der Waals surface area contributed by atoms with Gasteiger partial charge in [-0.2, -0.15) is 0 Å². The van der Waals surface area contributed by atoms with E-state index in [1.165, 1.54) is 23.7 Å². The Morgan fingerprint density at radius 1 is 1.03 bits per heavy atom. The highest BCUT2D eigenvalue weighted by Gasteiger charge is 2.35. The third-order valence-corrected chi connectivity index (χ3v) is 6.56. The average molecular weight is 566 g/mol. The van der Waals surface area contributed by atoms with Crippen LogP contribution in [-0.4, -0.2) is 64.4 Å². The van der Waals surface area contributed by atoms with Crippen molar-refractivity contribution in [3.63, 3.8) is 0 Å². The van der Waals surface area contributed by atoms with E-state index in [-0.39, 0.29) is 12.0 Å². The van der Waals surface area contributed by atoms with Gasteiger partial charge in [-0.25, -0.2) is 4.68 Å². The molecule has 0 aliphatic carbocycles. The second-order valence-electron chi connectivity index (χ2n) is 10.4. The van der Waals surface area contributed by atoms with E-state index in [4.69, 9.17) is 23.3 Å². The number of hydrogen-bond acceptors (Lipinski definition) is 11. The molecule has 2 heterocycles. The number of carbonyl (C=O) groups is 2.